The second-order valence-electron chi connectivity index (χ2n) is 6.68. The second kappa shape index (κ2) is 10.3. The van der Waals surface area contributed by atoms with Gasteiger partial charge >= 0.3 is 0 Å². The molecule has 0 unspecified atom stereocenters. The normalized spacial score (nSPS) is 12.3. The summed E-state index contributed by atoms with van der Waals surface area (Å²) in [5.41, 5.74) is 1.41. The molecule has 0 bridgehead atoms. The molecule has 0 saturated carbocycles. The van der Waals surface area contributed by atoms with Crippen LogP contribution in [0, 0.1) is 6.92 Å². The van der Waals surface area contributed by atoms with Crippen molar-refractivity contribution >= 4 is 21.6 Å². The predicted octanol–water partition coefficient (Wildman–Crippen LogP) is 2.74. The lowest BCUT2D eigenvalue weighted by Gasteiger charge is -2.25. The summed E-state index contributed by atoms with van der Waals surface area (Å²) in [6.45, 7) is 6.04. The van der Waals surface area contributed by atoms with Gasteiger partial charge in [0.05, 0.1) is 23.8 Å². The minimum atomic E-state index is -3.96. The van der Waals surface area contributed by atoms with Crippen LogP contribution in [0.25, 0.3) is 0 Å². The number of aryl methyl sites for hydroxylation is 1. The maximum Gasteiger partial charge on any atom is 0.264 e. The van der Waals surface area contributed by atoms with E-state index in [1.165, 1.54) is 19.2 Å². The lowest BCUT2D eigenvalue weighted by atomic mass is 10.2. The van der Waals surface area contributed by atoms with Crippen molar-refractivity contribution in [3.05, 3.63) is 54.1 Å². The molecule has 8 heteroatoms. The Kier molecular flexibility index (Phi) is 8.04. The van der Waals surface area contributed by atoms with Crippen LogP contribution < -0.4 is 14.4 Å². The molecule has 0 fully saturated rings. The minimum Gasteiger partial charge on any atom is -0.494 e. The third-order valence-electron chi connectivity index (χ3n) is 4.16. The zero-order valence-electron chi connectivity index (χ0n) is 17.2. The minimum absolute atomic E-state index is 0.0827. The zero-order valence-corrected chi connectivity index (χ0v) is 18.0. The summed E-state index contributed by atoms with van der Waals surface area (Å²) in [6, 6.07) is 12.9. The van der Waals surface area contributed by atoms with E-state index in [0.29, 0.717) is 24.7 Å². The average molecular weight is 421 g/mol. The summed E-state index contributed by atoms with van der Waals surface area (Å²) in [5.74, 6) is 0.170. The van der Waals surface area contributed by atoms with Gasteiger partial charge in [-0.15, -0.1) is 0 Å². The van der Waals surface area contributed by atoms with Gasteiger partial charge in [0.25, 0.3) is 10.0 Å². The second-order valence-corrected chi connectivity index (χ2v) is 8.54. The molecule has 0 aliphatic heterocycles. The molecule has 0 heterocycles. The van der Waals surface area contributed by atoms with Crippen LogP contribution in [-0.4, -0.2) is 47.2 Å². The molecule has 0 saturated heterocycles. The molecule has 1 amide bonds. The molecule has 0 aliphatic rings. The molecule has 29 heavy (non-hydrogen) atoms. The first-order valence-electron chi connectivity index (χ1n) is 9.38. The van der Waals surface area contributed by atoms with E-state index in [9.17, 15) is 13.2 Å². The van der Waals surface area contributed by atoms with Crippen LogP contribution in [0.2, 0.25) is 0 Å². The SMILES string of the molecule is CCOc1ccc(S(=O)(=O)N(CC(=O)N[C@H](C)COC)c2ccc(C)cc2)cc1. The smallest absolute Gasteiger partial charge is 0.264 e. The van der Waals surface area contributed by atoms with Crippen molar-refractivity contribution in [2.24, 2.45) is 0 Å². The Balaban J connectivity index is 2.35. The Morgan fingerprint density at radius 2 is 1.72 bits per heavy atom. The summed E-state index contributed by atoms with van der Waals surface area (Å²) < 4.78 is 38.1. The number of nitrogens with one attached hydrogen (secondary N) is 1. The van der Waals surface area contributed by atoms with Crippen molar-refractivity contribution in [1.82, 2.24) is 5.32 Å². The molecule has 1 atom stereocenters. The highest BCUT2D eigenvalue weighted by Gasteiger charge is 2.27. The van der Waals surface area contributed by atoms with Crippen molar-refractivity contribution in [2.75, 3.05) is 31.2 Å². The Bertz CT molecular complexity index is 896. The van der Waals surface area contributed by atoms with Crippen LogP contribution in [-0.2, 0) is 19.6 Å². The number of hydrogen-bond acceptors (Lipinski definition) is 5. The van der Waals surface area contributed by atoms with Gasteiger partial charge in [0.2, 0.25) is 5.91 Å². The largest absolute Gasteiger partial charge is 0.494 e. The number of ether oxygens (including phenoxy) is 2. The van der Waals surface area contributed by atoms with E-state index >= 15 is 0 Å². The first-order chi connectivity index (χ1) is 13.8. The number of hydrogen-bond donors (Lipinski definition) is 1. The summed E-state index contributed by atoms with van der Waals surface area (Å²) in [6.07, 6.45) is 0. The molecule has 7 nitrogen and oxygen atoms in total. The van der Waals surface area contributed by atoms with Crippen LogP contribution in [0.15, 0.2) is 53.4 Å². The van der Waals surface area contributed by atoms with E-state index in [2.05, 4.69) is 5.32 Å². The molecular weight excluding hydrogens is 392 g/mol. The molecule has 0 radical (unpaired) electrons. The number of benzene rings is 2. The molecule has 2 aromatic carbocycles. The van der Waals surface area contributed by atoms with E-state index in [0.717, 1.165) is 9.87 Å². The van der Waals surface area contributed by atoms with Gasteiger partial charge in [0.15, 0.2) is 0 Å². The number of carbonyl (C=O) groups is 1. The first kappa shape index (κ1) is 22.7. The lowest BCUT2D eigenvalue weighted by molar-refractivity contribution is -0.120. The predicted molar refractivity (Wildman–Crippen MR) is 113 cm³/mol. The fourth-order valence-electron chi connectivity index (χ4n) is 2.77. The number of amides is 1. The molecule has 2 aromatic rings. The van der Waals surface area contributed by atoms with E-state index < -0.39 is 15.9 Å². The van der Waals surface area contributed by atoms with Crippen molar-refractivity contribution < 1.29 is 22.7 Å². The van der Waals surface area contributed by atoms with Gasteiger partial charge in [0, 0.05) is 13.2 Å². The molecular formula is C21H28N2O5S. The first-order valence-corrected chi connectivity index (χ1v) is 10.8. The summed E-state index contributed by atoms with van der Waals surface area (Å²) >= 11 is 0. The molecule has 1 N–H and O–H groups in total. The molecule has 158 valence electrons. The molecule has 0 spiro atoms. The van der Waals surface area contributed by atoms with E-state index in [4.69, 9.17) is 9.47 Å². The van der Waals surface area contributed by atoms with Crippen LogP contribution in [0.1, 0.15) is 19.4 Å². The van der Waals surface area contributed by atoms with E-state index in [1.54, 1.807) is 31.2 Å². The van der Waals surface area contributed by atoms with Gasteiger partial charge in [-0.1, -0.05) is 17.7 Å². The summed E-state index contributed by atoms with van der Waals surface area (Å²) in [5, 5.41) is 2.75. The van der Waals surface area contributed by atoms with Crippen LogP contribution in [0.5, 0.6) is 5.75 Å². The van der Waals surface area contributed by atoms with Gasteiger partial charge in [-0.2, -0.15) is 0 Å². The van der Waals surface area contributed by atoms with E-state index in [-0.39, 0.29) is 17.5 Å². The lowest BCUT2D eigenvalue weighted by Crippen LogP contribution is -2.44. The van der Waals surface area contributed by atoms with Crippen molar-refractivity contribution in [3.63, 3.8) is 0 Å². The number of sulfonamides is 1. The van der Waals surface area contributed by atoms with Crippen molar-refractivity contribution in [1.29, 1.82) is 0 Å². The van der Waals surface area contributed by atoms with Crippen molar-refractivity contribution in [3.8, 4) is 5.75 Å². The Labute approximate surface area is 172 Å². The van der Waals surface area contributed by atoms with Crippen molar-refractivity contribution in [2.45, 2.75) is 31.7 Å². The highest BCUT2D eigenvalue weighted by Crippen LogP contribution is 2.25. The van der Waals surface area contributed by atoms with Crippen LogP contribution in [0.4, 0.5) is 5.69 Å². The van der Waals surface area contributed by atoms with Gasteiger partial charge < -0.3 is 14.8 Å². The summed E-state index contributed by atoms with van der Waals surface area (Å²) in [4.78, 5) is 12.6. The molecule has 0 aromatic heterocycles. The Morgan fingerprint density at radius 1 is 1.10 bits per heavy atom. The monoisotopic (exact) mass is 420 g/mol. The third-order valence-corrected chi connectivity index (χ3v) is 5.94. The standard InChI is InChI=1S/C21H28N2O5S/c1-5-28-19-10-12-20(13-11-19)29(25,26)23(18-8-6-16(2)7-9-18)14-21(24)22-17(3)15-27-4/h6-13,17H,5,14-15H2,1-4H3,(H,22,24)/t17-/m1/s1. The number of methoxy groups -OCH3 is 1. The Hall–Kier alpha value is -2.58. The number of carbonyl (C=O) groups excluding carboxylic acids is 1. The van der Waals surface area contributed by atoms with Gasteiger partial charge in [0.1, 0.15) is 12.3 Å². The van der Waals surface area contributed by atoms with Gasteiger partial charge in [-0.05, 0) is 57.2 Å². The third kappa shape index (κ3) is 6.20. The molecule has 0 aliphatic carbocycles. The number of nitrogens with zero attached hydrogens (tertiary/aromatic N) is 1. The fraction of sp³-hybridized carbons (Fsp3) is 0.381. The maximum absolute atomic E-state index is 13.3. The topological polar surface area (TPSA) is 84.9 Å². The number of anilines is 1. The summed E-state index contributed by atoms with van der Waals surface area (Å²) in [7, 11) is -2.42. The number of rotatable bonds is 10. The van der Waals surface area contributed by atoms with Crippen LogP contribution >= 0.6 is 0 Å². The Morgan fingerprint density at radius 3 is 2.28 bits per heavy atom. The van der Waals surface area contributed by atoms with Crippen LogP contribution in [0.3, 0.4) is 0 Å². The van der Waals surface area contributed by atoms with Gasteiger partial charge in [-0.3, -0.25) is 9.10 Å². The van der Waals surface area contributed by atoms with Gasteiger partial charge in [-0.25, -0.2) is 8.42 Å². The maximum atomic E-state index is 13.3. The fourth-order valence-corrected chi connectivity index (χ4v) is 4.19. The quantitative estimate of drug-likeness (QED) is 0.639. The molecule has 2 rings (SSSR count). The average Bonchev–Trinajstić information content (AvgIpc) is 2.68. The zero-order chi connectivity index (χ0) is 21.4. The van der Waals surface area contributed by atoms with E-state index in [1.807, 2.05) is 26.0 Å². The highest BCUT2D eigenvalue weighted by molar-refractivity contribution is 7.92. The highest BCUT2D eigenvalue weighted by atomic mass is 32.2.